The number of hydrogen-bond donors (Lipinski definition) is 0. The van der Waals surface area contributed by atoms with Crippen LogP contribution in [0.15, 0.2) is 34.0 Å². The van der Waals surface area contributed by atoms with Crippen LogP contribution in [0.3, 0.4) is 0 Å². The van der Waals surface area contributed by atoms with E-state index in [9.17, 15) is 9.59 Å². The van der Waals surface area contributed by atoms with Crippen molar-refractivity contribution in [1.29, 1.82) is 0 Å². The van der Waals surface area contributed by atoms with Crippen molar-refractivity contribution in [1.82, 2.24) is 24.5 Å². The third-order valence-corrected chi connectivity index (χ3v) is 5.25. The summed E-state index contributed by atoms with van der Waals surface area (Å²) in [6.07, 6.45) is 3.67. The van der Waals surface area contributed by atoms with E-state index in [2.05, 4.69) is 35.9 Å². The first-order valence-electron chi connectivity index (χ1n) is 9.56. The minimum absolute atomic E-state index is 0.0330. The van der Waals surface area contributed by atoms with Gasteiger partial charge in [-0.25, -0.2) is 9.36 Å². The molecule has 1 saturated heterocycles. The van der Waals surface area contributed by atoms with Crippen LogP contribution in [0, 0.1) is 5.92 Å². The summed E-state index contributed by atoms with van der Waals surface area (Å²) in [7, 11) is 1.68. The molecule has 0 aromatic carbocycles. The van der Waals surface area contributed by atoms with Gasteiger partial charge >= 0.3 is 0 Å². The highest BCUT2D eigenvalue weighted by Crippen LogP contribution is 2.21. The SMILES string of the molecule is Cn1nccc(CN2CCC(Cn3nc(C(C)(C)C)ccc3=O)CC2)c1=O. The summed E-state index contributed by atoms with van der Waals surface area (Å²) in [6.45, 7) is 9.46. The number of rotatable bonds is 4. The van der Waals surface area contributed by atoms with Crippen LogP contribution < -0.4 is 11.1 Å². The Hall–Kier alpha value is -2.28. The molecular weight excluding hydrogens is 342 g/mol. The van der Waals surface area contributed by atoms with Crippen LogP contribution in [-0.4, -0.2) is 37.6 Å². The van der Waals surface area contributed by atoms with Gasteiger partial charge in [-0.2, -0.15) is 10.2 Å². The van der Waals surface area contributed by atoms with Crippen molar-refractivity contribution in [3.63, 3.8) is 0 Å². The van der Waals surface area contributed by atoms with Gasteiger partial charge < -0.3 is 0 Å². The normalized spacial score (nSPS) is 16.6. The lowest BCUT2D eigenvalue weighted by Crippen LogP contribution is -2.38. The van der Waals surface area contributed by atoms with Crippen molar-refractivity contribution in [2.75, 3.05) is 13.1 Å². The average Bonchev–Trinajstić information content (AvgIpc) is 2.61. The fourth-order valence-corrected chi connectivity index (χ4v) is 3.47. The van der Waals surface area contributed by atoms with Gasteiger partial charge in [0.15, 0.2) is 0 Å². The molecule has 27 heavy (non-hydrogen) atoms. The van der Waals surface area contributed by atoms with Crippen LogP contribution in [0.1, 0.15) is 44.9 Å². The third kappa shape index (κ3) is 4.71. The van der Waals surface area contributed by atoms with E-state index < -0.39 is 0 Å². The molecule has 0 spiro atoms. The number of hydrogen-bond acceptors (Lipinski definition) is 5. The van der Waals surface area contributed by atoms with Crippen LogP contribution in [0.4, 0.5) is 0 Å². The molecule has 0 amide bonds. The zero-order valence-electron chi connectivity index (χ0n) is 16.7. The van der Waals surface area contributed by atoms with Gasteiger partial charge in [-0.15, -0.1) is 0 Å². The lowest BCUT2D eigenvalue weighted by Gasteiger charge is -2.32. The standard InChI is InChI=1S/C20H29N5O2/c1-20(2,3)17-5-6-18(26)25(22-17)13-15-8-11-24(12-9-15)14-16-7-10-21-23(4)19(16)27/h5-7,10,15H,8-9,11-14H2,1-4H3. The maximum atomic E-state index is 12.2. The topological polar surface area (TPSA) is 73.0 Å². The summed E-state index contributed by atoms with van der Waals surface area (Å²) in [4.78, 5) is 26.6. The van der Waals surface area contributed by atoms with E-state index in [1.807, 2.05) is 6.07 Å². The largest absolute Gasteiger partial charge is 0.299 e. The van der Waals surface area contributed by atoms with E-state index in [1.54, 1.807) is 30.1 Å². The maximum absolute atomic E-state index is 12.2. The van der Waals surface area contributed by atoms with E-state index in [0.717, 1.165) is 37.2 Å². The number of aromatic nitrogens is 4. The molecule has 0 radical (unpaired) electrons. The zero-order chi connectivity index (χ0) is 19.6. The Kier molecular flexibility index (Phi) is 5.60. The first-order chi connectivity index (χ1) is 12.7. The monoisotopic (exact) mass is 371 g/mol. The smallest absolute Gasteiger partial charge is 0.270 e. The van der Waals surface area contributed by atoms with Crippen LogP contribution in [0.25, 0.3) is 0 Å². The molecule has 3 heterocycles. The quantitative estimate of drug-likeness (QED) is 0.815. The predicted molar refractivity (Wildman–Crippen MR) is 105 cm³/mol. The lowest BCUT2D eigenvalue weighted by atomic mass is 9.92. The molecule has 0 bridgehead atoms. The van der Waals surface area contributed by atoms with E-state index in [1.165, 1.54) is 4.68 Å². The Bertz CT molecular complexity index is 902. The molecule has 146 valence electrons. The molecule has 0 atom stereocenters. The van der Waals surface area contributed by atoms with E-state index in [0.29, 0.717) is 19.0 Å². The van der Waals surface area contributed by atoms with Crippen molar-refractivity contribution in [2.24, 2.45) is 13.0 Å². The second-order valence-corrected chi connectivity index (χ2v) is 8.49. The van der Waals surface area contributed by atoms with Gasteiger partial charge in [0.25, 0.3) is 11.1 Å². The molecule has 0 unspecified atom stereocenters. The summed E-state index contributed by atoms with van der Waals surface area (Å²) >= 11 is 0. The van der Waals surface area contributed by atoms with Gasteiger partial charge in [0, 0.05) is 43.4 Å². The summed E-state index contributed by atoms with van der Waals surface area (Å²) in [6, 6.07) is 5.26. The van der Waals surface area contributed by atoms with Crippen molar-refractivity contribution in [2.45, 2.75) is 52.1 Å². The number of likely N-dealkylation sites (tertiary alicyclic amines) is 1. The summed E-state index contributed by atoms with van der Waals surface area (Å²) in [5.41, 5.74) is 1.57. The van der Waals surface area contributed by atoms with Gasteiger partial charge in [-0.05, 0) is 44.0 Å². The van der Waals surface area contributed by atoms with Crippen molar-refractivity contribution in [3.8, 4) is 0 Å². The van der Waals surface area contributed by atoms with Gasteiger partial charge in [-0.1, -0.05) is 20.8 Å². The Morgan fingerprint density at radius 2 is 1.81 bits per heavy atom. The molecule has 2 aromatic heterocycles. The van der Waals surface area contributed by atoms with Crippen molar-refractivity contribution < 1.29 is 0 Å². The molecule has 1 aliphatic rings. The number of piperidine rings is 1. The molecular formula is C20H29N5O2. The molecule has 2 aromatic rings. The van der Waals surface area contributed by atoms with Gasteiger partial charge in [0.05, 0.1) is 5.69 Å². The molecule has 3 rings (SSSR count). The molecule has 0 N–H and O–H groups in total. The molecule has 7 nitrogen and oxygen atoms in total. The highest BCUT2D eigenvalue weighted by atomic mass is 16.1. The fourth-order valence-electron chi connectivity index (χ4n) is 3.47. The Morgan fingerprint density at radius 1 is 1.11 bits per heavy atom. The molecule has 1 aliphatic heterocycles. The summed E-state index contributed by atoms with van der Waals surface area (Å²) in [5, 5.41) is 8.56. The highest BCUT2D eigenvalue weighted by molar-refractivity contribution is 5.11. The Morgan fingerprint density at radius 3 is 2.48 bits per heavy atom. The predicted octanol–water partition coefficient (Wildman–Crippen LogP) is 1.55. The second-order valence-electron chi connectivity index (χ2n) is 8.49. The third-order valence-electron chi connectivity index (χ3n) is 5.25. The summed E-state index contributed by atoms with van der Waals surface area (Å²) < 4.78 is 3.00. The Balaban J connectivity index is 1.61. The molecule has 0 aliphatic carbocycles. The molecule has 0 saturated carbocycles. The van der Waals surface area contributed by atoms with Gasteiger partial charge in [0.1, 0.15) is 0 Å². The number of aryl methyl sites for hydroxylation is 1. The first-order valence-corrected chi connectivity index (χ1v) is 9.56. The second kappa shape index (κ2) is 7.76. The van der Waals surface area contributed by atoms with E-state index in [-0.39, 0.29) is 16.5 Å². The van der Waals surface area contributed by atoms with Crippen LogP contribution in [0.2, 0.25) is 0 Å². The first kappa shape index (κ1) is 19.5. The summed E-state index contributed by atoms with van der Waals surface area (Å²) in [5.74, 6) is 0.432. The average molecular weight is 371 g/mol. The van der Waals surface area contributed by atoms with E-state index in [4.69, 9.17) is 0 Å². The maximum Gasteiger partial charge on any atom is 0.270 e. The van der Waals surface area contributed by atoms with Crippen LogP contribution in [-0.2, 0) is 25.6 Å². The minimum Gasteiger partial charge on any atom is -0.299 e. The van der Waals surface area contributed by atoms with Crippen LogP contribution in [0.5, 0.6) is 0 Å². The van der Waals surface area contributed by atoms with Crippen molar-refractivity contribution >= 4 is 0 Å². The molecule has 7 heteroatoms. The minimum atomic E-state index is -0.0739. The number of nitrogens with zero attached hydrogens (tertiary/aromatic N) is 5. The Labute approximate surface area is 159 Å². The van der Waals surface area contributed by atoms with Gasteiger partial charge in [0.2, 0.25) is 0 Å². The van der Waals surface area contributed by atoms with E-state index >= 15 is 0 Å². The zero-order valence-corrected chi connectivity index (χ0v) is 16.7. The lowest BCUT2D eigenvalue weighted by molar-refractivity contribution is 0.162. The van der Waals surface area contributed by atoms with Crippen LogP contribution >= 0.6 is 0 Å². The van der Waals surface area contributed by atoms with Crippen molar-refractivity contribution in [3.05, 3.63) is 56.4 Å². The van der Waals surface area contributed by atoms with Gasteiger partial charge in [-0.3, -0.25) is 14.5 Å². The fraction of sp³-hybridized carbons (Fsp3) is 0.600. The molecule has 1 fully saturated rings. The highest BCUT2D eigenvalue weighted by Gasteiger charge is 2.22.